The van der Waals surface area contributed by atoms with E-state index in [-0.39, 0.29) is 17.9 Å². The van der Waals surface area contributed by atoms with Crippen molar-refractivity contribution in [2.24, 2.45) is 0 Å². The van der Waals surface area contributed by atoms with Crippen molar-refractivity contribution in [1.82, 2.24) is 10.2 Å². The Kier molecular flexibility index (Phi) is 6.60. The number of nitrogens with zero attached hydrogens (tertiary/aromatic N) is 1. The SMILES string of the molecule is CC(OCc1ccccc1)C(=O)NC(CN1CCCC1=O)c1ccccc1. The maximum absolute atomic E-state index is 12.7. The smallest absolute Gasteiger partial charge is 0.249 e. The highest BCUT2D eigenvalue weighted by Crippen LogP contribution is 2.19. The lowest BCUT2D eigenvalue weighted by molar-refractivity contribution is -0.134. The third-order valence-corrected chi connectivity index (χ3v) is 4.80. The van der Waals surface area contributed by atoms with Gasteiger partial charge in [0.05, 0.1) is 12.6 Å². The molecule has 2 aromatic carbocycles. The number of benzene rings is 2. The van der Waals surface area contributed by atoms with Crippen LogP contribution in [0.5, 0.6) is 0 Å². The zero-order valence-corrected chi connectivity index (χ0v) is 15.6. The van der Waals surface area contributed by atoms with Crippen LogP contribution >= 0.6 is 0 Å². The molecule has 0 saturated carbocycles. The number of carbonyl (C=O) groups excluding carboxylic acids is 2. The second-order valence-corrected chi connectivity index (χ2v) is 6.85. The van der Waals surface area contributed by atoms with Crippen LogP contribution in [-0.4, -0.2) is 35.9 Å². The molecule has 2 aromatic rings. The standard InChI is InChI=1S/C22H26N2O3/c1-17(27-16-18-9-4-2-5-10-18)22(26)23-20(19-11-6-3-7-12-19)15-24-14-8-13-21(24)25/h2-7,9-12,17,20H,8,13-16H2,1H3,(H,23,26). The lowest BCUT2D eigenvalue weighted by atomic mass is 10.1. The molecule has 1 fully saturated rings. The van der Waals surface area contributed by atoms with Crippen LogP contribution in [0.1, 0.15) is 36.9 Å². The predicted molar refractivity (Wildman–Crippen MR) is 104 cm³/mol. The number of likely N-dealkylation sites (tertiary alicyclic amines) is 1. The van der Waals surface area contributed by atoms with E-state index in [9.17, 15) is 9.59 Å². The zero-order valence-electron chi connectivity index (χ0n) is 15.6. The fourth-order valence-electron chi connectivity index (χ4n) is 3.20. The molecule has 2 atom stereocenters. The Morgan fingerprint density at radius 1 is 1.11 bits per heavy atom. The molecule has 1 heterocycles. The maximum Gasteiger partial charge on any atom is 0.249 e. The molecule has 0 aliphatic carbocycles. The van der Waals surface area contributed by atoms with Crippen molar-refractivity contribution in [1.29, 1.82) is 0 Å². The Morgan fingerprint density at radius 3 is 2.41 bits per heavy atom. The molecule has 1 N–H and O–H groups in total. The molecule has 1 aliphatic heterocycles. The highest BCUT2D eigenvalue weighted by Gasteiger charge is 2.26. The molecule has 0 aromatic heterocycles. The summed E-state index contributed by atoms with van der Waals surface area (Å²) in [5.74, 6) is -0.0232. The Morgan fingerprint density at radius 2 is 1.78 bits per heavy atom. The van der Waals surface area contributed by atoms with Crippen molar-refractivity contribution in [2.75, 3.05) is 13.1 Å². The predicted octanol–water partition coefficient (Wildman–Crippen LogP) is 3.07. The summed E-state index contributed by atoms with van der Waals surface area (Å²) in [7, 11) is 0. The van der Waals surface area contributed by atoms with Crippen molar-refractivity contribution in [3.63, 3.8) is 0 Å². The van der Waals surface area contributed by atoms with Gasteiger partial charge in [-0.2, -0.15) is 0 Å². The van der Waals surface area contributed by atoms with Gasteiger partial charge in [0.25, 0.3) is 0 Å². The van der Waals surface area contributed by atoms with Gasteiger partial charge in [-0.25, -0.2) is 0 Å². The third-order valence-electron chi connectivity index (χ3n) is 4.80. The summed E-state index contributed by atoms with van der Waals surface area (Å²) >= 11 is 0. The van der Waals surface area contributed by atoms with Crippen molar-refractivity contribution in [2.45, 2.75) is 38.5 Å². The van der Waals surface area contributed by atoms with Gasteiger partial charge >= 0.3 is 0 Å². The topological polar surface area (TPSA) is 58.6 Å². The molecule has 1 saturated heterocycles. The van der Waals surface area contributed by atoms with Crippen LogP contribution in [0.3, 0.4) is 0 Å². The summed E-state index contributed by atoms with van der Waals surface area (Å²) in [6.45, 7) is 3.37. The van der Waals surface area contributed by atoms with E-state index < -0.39 is 6.10 Å². The monoisotopic (exact) mass is 366 g/mol. The molecule has 5 heteroatoms. The van der Waals surface area contributed by atoms with Crippen LogP contribution < -0.4 is 5.32 Å². The van der Waals surface area contributed by atoms with Gasteiger partial charge in [0.2, 0.25) is 11.8 Å². The summed E-state index contributed by atoms with van der Waals surface area (Å²) < 4.78 is 5.73. The lowest BCUT2D eigenvalue weighted by Crippen LogP contribution is -2.42. The number of ether oxygens (including phenoxy) is 1. The van der Waals surface area contributed by atoms with Crippen molar-refractivity contribution in [3.05, 3.63) is 71.8 Å². The fraction of sp³-hybridized carbons (Fsp3) is 0.364. The van der Waals surface area contributed by atoms with Crippen molar-refractivity contribution >= 4 is 11.8 Å². The van der Waals surface area contributed by atoms with Crippen LogP contribution in [-0.2, 0) is 20.9 Å². The van der Waals surface area contributed by atoms with E-state index in [1.165, 1.54) is 0 Å². The van der Waals surface area contributed by atoms with Crippen molar-refractivity contribution < 1.29 is 14.3 Å². The van der Waals surface area contributed by atoms with Crippen LogP contribution in [0, 0.1) is 0 Å². The zero-order chi connectivity index (χ0) is 19.1. The third kappa shape index (κ3) is 5.41. The minimum Gasteiger partial charge on any atom is -0.364 e. The second kappa shape index (κ2) is 9.33. The van der Waals surface area contributed by atoms with Gasteiger partial charge in [-0.15, -0.1) is 0 Å². The van der Waals surface area contributed by atoms with Gasteiger partial charge in [-0.05, 0) is 24.5 Å². The highest BCUT2D eigenvalue weighted by atomic mass is 16.5. The first-order valence-electron chi connectivity index (χ1n) is 9.42. The Labute approximate surface area is 160 Å². The fourth-order valence-corrected chi connectivity index (χ4v) is 3.20. The van der Waals surface area contributed by atoms with Gasteiger partial charge < -0.3 is 15.0 Å². The molecule has 27 heavy (non-hydrogen) atoms. The molecular formula is C22H26N2O3. The van der Waals surface area contributed by atoms with E-state index in [1.54, 1.807) is 6.92 Å². The molecule has 142 valence electrons. The van der Waals surface area contributed by atoms with Gasteiger partial charge in [0.15, 0.2) is 0 Å². The largest absolute Gasteiger partial charge is 0.364 e. The minimum atomic E-state index is -0.578. The van der Waals surface area contributed by atoms with Gasteiger partial charge in [0.1, 0.15) is 6.10 Å². The Balaban J connectivity index is 1.61. The van der Waals surface area contributed by atoms with Gasteiger partial charge in [-0.3, -0.25) is 9.59 Å². The van der Waals surface area contributed by atoms with E-state index >= 15 is 0 Å². The molecule has 0 spiro atoms. The summed E-state index contributed by atoms with van der Waals surface area (Å²) in [6, 6.07) is 19.3. The average molecular weight is 366 g/mol. The van der Waals surface area contributed by atoms with Crippen LogP contribution in [0.2, 0.25) is 0 Å². The summed E-state index contributed by atoms with van der Waals surface area (Å²) in [5, 5.41) is 3.06. The van der Waals surface area contributed by atoms with E-state index in [4.69, 9.17) is 4.74 Å². The van der Waals surface area contributed by atoms with Crippen LogP contribution in [0.15, 0.2) is 60.7 Å². The van der Waals surface area contributed by atoms with Gasteiger partial charge in [-0.1, -0.05) is 60.7 Å². The average Bonchev–Trinajstić information content (AvgIpc) is 3.11. The molecular weight excluding hydrogens is 340 g/mol. The number of amides is 2. The first-order chi connectivity index (χ1) is 13.1. The normalized spacial score (nSPS) is 16.2. The first-order valence-corrected chi connectivity index (χ1v) is 9.42. The maximum atomic E-state index is 12.7. The van der Waals surface area contributed by atoms with Gasteiger partial charge in [0, 0.05) is 19.5 Å². The Hall–Kier alpha value is -2.66. The molecule has 2 unspecified atom stereocenters. The second-order valence-electron chi connectivity index (χ2n) is 6.85. The number of carbonyl (C=O) groups is 2. The number of rotatable bonds is 8. The lowest BCUT2D eigenvalue weighted by Gasteiger charge is -2.26. The molecule has 1 aliphatic rings. The minimum absolute atomic E-state index is 0.151. The summed E-state index contributed by atoms with van der Waals surface area (Å²) in [4.78, 5) is 26.5. The first kappa shape index (κ1) is 19.1. The quantitative estimate of drug-likeness (QED) is 0.781. The van der Waals surface area contributed by atoms with E-state index in [0.29, 0.717) is 19.6 Å². The van der Waals surface area contributed by atoms with E-state index in [2.05, 4.69) is 5.32 Å². The van der Waals surface area contributed by atoms with E-state index in [0.717, 1.165) is 24.1 Å². The molecule has 2 amide bonds. The number of hydrogen-bond donors (Lipinski definition) is 1. The number of hydrogen-bond acceptors (Lipinski definition) is 3. The van der Waals surface area contributed by atoms with Crippen molar-refractivity contribution in [3.8, 4) is 0 Å². The van der Waals surface area contributed by atoms with E-state index in [1.807, 2.05) is 65.6 Å². The Bertz CT molecular complexity index is 749. The molecule has 0 radical (unpaired) electrons. The summed E-state index contributed by atoms with van der Waals surface area (Å²) in [6.07, 6.45) is 0.891. The molecule has 0 bridgehead atoms. The van der Waals surface area contributed by atoms with Crippen LogP contribution in [0.25, 0.3) is 0 Å². The van der Waals surface area contributed by atoms with Crippen LogP contribution in [0.4, 0.5) is 0 Å². The molecule has 5 nitrogen and oxygen atoms in total. The highest BCUT2D eigenvalue weighted by molar-refractivity contribution is 5.81. The number of nitrogens with one attached hydrogen (secondary N) is 1. The molecule has 3 rings (SSSR count). The summed E-state index contributed by atoms with van der Waals surface area (Å²) in [5.41, 5.74) is 2.01.